The maximum atomic E-state index is 13.9. The first-order valence-electron chi connectivity index (χ1n) is 9.47. The molecule has 5 nitrogen and oxygen atoms in total. The van der Waals surface area contributed by atoms with Crippen LogP contribution in [0.15, 0.2) is 54.9 Å². The number of ether oxygens (including phenoxy) is 1. The number of alkyl halides is 3. The van der Waals surface area contributed by atoms with Crippen molar-refractivity contribution in [3.05, 3.63) is 89.6 Å². The van der Waals surface area contributed by atoms with Gasteiger partial charge in [-0.3, -0.25) is 4.98 Å². The van der Waals surface area contributed by atoms with Crippen LogP contribution >= 0.6 is 0 Å². The SMILES string of the molecule is Fc1c(F)c(F)c(Oc2cccc(Nc3cc(C(F)(F)F)nc(-c4cccnc4)n3)c2)c(F)c1F. The van der Waals surface area contributed by atoms with Gasteiger partial charge < -0.3 is 10.1 Å². The summed E-state index contributed by atoms with van der Waals surface area (Å²) in [5.41, 5.74) is -1.04. The molecule has 0 radical (unpaired) electrons. The van der Waals surface area contributed by atoms with E-state index in [1.165, 1.54) is 36.7 Å². The Balaban J connectivity index is 1.68. The molecule has 0 spiro atoms. The molecule has 0 atom stereocenters. The molecule has 4 rings (SSSR count). The fourth-order valence-corrected chi connectivity index (χ4v) is 2.86. The van der Waals surface area contributed by atoms with E-state index in [-0.39, 0.29) is 28.6 Å². The summed E-state index contributed by atoms with van der Waals surface area (Å²) in [7, 11) is 0. The Hall–Kier alpha value is -4.29. The van der Waals surface area contributed by atoms with Gasteiger partial charge in [0.1, 0.15) is 11.6 Å². The van der Waals surface area contributed by atoms with E-state index in [2.05, 4.69) is 20.3 Å². The predicted molar refractivity (Wildman–Crippen MR) is 106 cm³/mol. The number of hydrogen-bond donors (Lipinski definition) is 1. The zero-order chi connectivity index (χ0) is 25.3. The third-order valence-corrected chi connectivity index (χ3v) is 4.43. The van der Waals surface area contributed by atoms with Crippen LogP contribution in [0.4, 0.5) is 46.6 Å². The molecule has 35 heavy (non-hydrogen) atoms. The van der Waals surface area contributed by atoms with E-state index >= 15 is 0 Å². The second kappa shape index (κ2) is 9.16. The lowest BCUT2D eigenvalue weighted by atomic mass is 10.2. The smallest absolute Gasteiger partial charge is 0.433 e. The second-order valence-corrected chi connectivity index (χ2v) is 6.86. The van der Waals surface area contributed by atoms with Gasteiger partial charge >= 0.3 is 6.18 Å². The van der Waals surface area contributed by atoms with Crippen molar-refractivity contribution in [3.63, 3.8) is 0 Å². The lowest BCUT2D eigenvalue weighted by molar-refractivity contribution is -0.141. The van der Waals surface area contributed by atoms with E-state index in [1.54, 1.807) is 0 Å². The molecule has 1 N–H and O–H groups in total. The number of hydrogen-bond acceptors (Lipinski definition) is 5. The summed E-state index contributed by atoms with van der Waals surface area (Å²) in [6.45, 7) is 0. The molecule has 0 aliphatic rings. The normalized spacial score (nSPS) is 11.4. The third kappa shape index (κ3) is 4.98. The monoisotopic (exact) mass is 498 g/mol. The van der Waals surface area contributed by atoms with Crippen LogP contribution in [0, 0.1) is 29.1 Å². The van der Waals surface area contributed by atoms with Crippen LogP contribution in [0.2, 0.25) is 0 Å². The molecular weight excluding hydrogens is 488 g/mol. The molecule has 180 valence electrons. The molecule has 2 heterocycles. The molecular formula is C22H10F8N4O. The van der Waals surface area contributed by atoms with Crippen LogP contribution in [0.25, 0.3) is 11.4 Å². The van der Waals surface area contributed by atoms with E-state index in [4.69, 9.17) is 4.74 Å². The van der Waals surface area contributed by atoms with E-state index in [1.807, 2.05) is 0 Å². The first-order chi connectivity index (χ1) is 16.5. The Bertz CT molecular complexity index is 1370. The van der Waals surface area contributed by atoms with Crippen molar-refractivity contribution in [2.24, 2.45) is 0 Å². The molecule has 0 unspecified atom stereocenters. The fourth-order valence-electron chi connectivity index (χ4n) is 2.86. The molecule has 0 saturated heterocycles. The minimum atomic E-state index is -4.81. The van der Waals surface area contributed by atoms with Crippen LogP contribution in [0.1, 0.15) is 5.69 Å². The Morgan fingerprint density at radius 2 is 1.46 bits per heavy atom. The number of aromatic nitrogens is 3. The average molecular weight is 498 g/mol. The molecule has 0 fully saturated rings. The number of nitrogens with one attached hydrogen (secondary N) is 1. The number of nitrogens with zero attached hydrogens (tertiary/aromatic N) is 3. The standard InChI is InChI=1S/C22H10F8N4O/c23-15-16(24)18(26)20(19(27)17(15)25)35-12-5-1-4-11(7-12)32-14-8-13(22(28,29)30)33-21(34-14)10-3-2-6-31-9-10/h1-9H,(H,32,33,34). The second-order valence-electron chi connectivity index (χ2n) is 6.86. The Kier molecular flexibility index (Phi) is 6.24. The van der Waals surface area contributed by atoms with Gasteiger partial charge in [-0.05, 0) is 24.3 Å². The summed E-state index contributed by atoms with van der Waals surface area (Å²) in [6.07, 6.45) is -2.14. The highest BCUT2D eigenvalue weighted by molar-refractivity contribution is 5.62. The predicted octanol–water partition coefficient (Wildman–Crippen LogP) is 6.79. The Morgan fingerprint density at radius 1 is 0.771 bits per heavy atom. The number of rotatable bonds is 5. The Morgan fingerprint density at radius 3 is 2.09 bits per heavy atom. The quantitative estimate of drug-likeness (QED) is 0.187. The summed E-state index contributed by atoms with van der Waals surface area (Å²) >= 11 is 0. The molecule has 13 heteroatoms. The van der Waals surface area contributed by atoms with Crippen molar-refractivity contribution in [2.45, 2.75) is 6.18 Å². The number of pyridine rings is 1. The molecule has 0 bridgehead atoms. The first-order valence-corrected chi connectivity index (χ1v) is 9.47. The molecule has 0 saturated carbocycles. The minimum absolute atomic E-state index is 0.0235. The molecule has 0 aliphatic heterocycles. The lowest BCUT2D eigenvalue weighted by Crippen LogP contribution is -2.11. The maximum absolute atomic E-state index is 13.9. The summed E-state index contributed by atoms with van der Waals surface area (Å²) in [6, 6.07) is 8.33. The number of halogens is 8. The lowest BCUT2D eigenvalue weighted by Gasteiger charge is -2.13. The first kappa shape index (κ1) is 23.9. The summed E-state index contributed by atoms with van der Waals surface area (Å²) < 4.78 is 113. The third-order valence-electron chi connectivity index (χ3n) is 4.43. The van der Waals surface area contributed by atoms with E-state index in [9.17, 15) is 35.1 Å². The van der Waals surface area contributed by atoms with Gasteiger partial charge in [0, 0.05) is 35.8 Å². The van der Waals surface area contributed by atoms with Gasteiger partial charge in [-0.25, -0.2) is 23.1 Å². The van der Waals surface area contributed by atoms with E-state index < -0.39 is 46.7 Å². The maximum Gasteiger partial charge on any atom is 0.433 e. The van der Waals surface area contributed by atoms with Gasteiger partial charge in [0.25, 0.3) is 0 Å². The Labute approximate surface area is 191 Å². The summed E-state index contributed by atoms with van der Waals surface area (Å²) in [5, 5.41) is 2.57. The molecule has 2 aromatic carbocycles. The largest absolute Gasteiger partial charge is 0.451 e. The fraction of sp³-hybridized carbons (Fsp3) is 0.0455. The molecule has 4 aromatic rings. The van der Waals surface area contributed by atoms with Crippen molar-refractivity contribution in [2.75, 3.05) is 5.32 Å². The van der Waals surface area contributed by atoms with Crippen molar-refractivity contribution < 1.29 is 39.9 Å². The van der Waals surface area contributed by atoms with Gasteiger partial charge in [0.2, 0.25) is 34.8 Å². The van der Waals surface area contributed by atoms with Crippen LogP contribution in [-0.2, 0) is 6.18 Å². The zero-order valence-electron chi connectivity index (χ0n) is 17.0. The highest BCUT2D eigenvalue weighted by atomic mass is 19.4. The van der Waals surface area contributed by atoms with Crippen LogP contribution in [0.3, 0.4) is 0 Å². The zero-order valence-corrected chi connectivity index (χ0v) is 17.0. The van der Waals surface area contributed by atoms with Crippen LogP contribution in [-0.4, -0.2) is 15.0 Å². The van der Waals surface area contributed by atoms with E-state index in [0.717, 1.165) is 12.1 Å². The van der Waals surface area contributed by atoms with Crippen LogP contribution < -0.4 is 10.1 Å². The van der Waals surface area contributed by atoms with Gasteiger partial charge in [0.15, 0.2) is 11.5 Å². The van der Waals surface area contributed by atoms with Crippen molar-refractivity contribution >= 4 is 11.5 Å². The average Bonchev–Trinajstić information content (AvgIpc) is 2.84. The summed E-state index contributed by atoms with van der Waals surface area (Å²) in [5.74, 6) is -13.6. The van der Waals surface area contributed by atoms with Crippen molar-refractivity contribution in [1.82, 2.24) is 15.0 Å². The summed E-state index contributed by atoms with van der Waals surface area (Å²) in [4.78, 5) is 11.3. The van der Waals surface area contributed by atoms with E-state index in [0.29, 0.717) is 6.07 Å². The van der Waals surface area contributed by atoms with Gasteiger partial charge in [-0.15, -0.1) is 0 Å². The highest BCUT2D eigenvalue weighted by Gasteiger charge is 2.34. The number of benzene rings is 2. The van der Waals surface area contributed by atoms with Gasteiger partial charge in [-0.1, -0.05) is 6.07 Å². The molecule has 2 aromatic heterocycles. The molecule has 0 aliphatic carbocycles. The van der Waals surface area contributed by atoms with Gasteiger partial charge in [-0.2, -0.15) is 22.0 Å². The van der Waals surface area contributed by atoms with Crippen molar-refractivity contribution in [3.8, 4) is 22.9 Å². The van der Waals surface area contributed by atoms with Crippen molar-refractivity contribution in [1.29, 1.82) is 0 Å². The minimum Gasteiger partial charge on any atom is -0.451 e. The highest BCUT2D eigenvalue weighted by Crippen LogP contribution is 2.35. The van der Waals surface area contributed by atoms with Gasteiger partial charge in [0.05, 0.1) is 0 Å². The molecule has 0 amide bonds. The topological polar surface area (TPSA) is 59.9 Å². The number of anilines is 2. The van der Waals surface area contributed by atoms with Crippen LogP contribution in [0.5, 0.6) is 11.5 Å².